The Hall–Kier alpha value is -1.35. The van der Waals surface area contributed by atoms with Crippen LogP contribution >= 0.6 is 0 Å². The van der Waals surface area contributed by atoms with E-state index in [1.807, 2.05) is 0 Å². The molecule has 3 heteroatoms. The van der Waals surface area contributed by atoms with Gasteiger partial charge in [-0.25, -0.2) is 0 Å². The molecule has 3 fully saturated rings. The summed E-state index contributed by atoms with van der Waals surface area (Å²) in [6.07, 6.45) is 7.90. The summed E-state index contributed by atoms with van der Waals surface area (Å²) in [7, 11) is 0. The standard InChI is InChI=1S/C21H30N2O/c1-13-8-14(2)10-17(9-13)21(6-7-21)20(24)23-19-15-4-3-5-16(19)12-18(22)11-15/h8-10,15-16,18-19H,3-7,11-12,22H2,1-2H3,(H,23,24). The average molecular weight is 326 g/mol. The smallest absolute Gasteiger partial charge is 0.230 e. The Morgan fingerprint density at radius 2 is 1.67 bits per heavy atom. The molecule has 3 saturated carbocycles. The maximum Gasteiger partial charge on any atom is 0.230 e. The van der Waals surface area contributed by atoms with Gasteiger partial charge in [-0.05, 0) is 69.8 Å². The summed E-state index contributed by atoms with van der Waals surface area (Å²) in [4.78, 5) is 13.2. The molecule has 0 aliphatic heterocycles. The molecule has 24 heavy (non-hydrogen) atoms. The lowest BCUT2D eigenvalue weighted by atomic mass is 9.67. The zero-order valence-corrected chi connectivity index (χ0v) is 15.0. The summed E-state index contributed by atoms with van der Waals surface area (Å²) < 4.78 is 0. The molecule has 130 valence electrons. The third kappa shape index (κ3) is 2.77. The van der Waals surface area contributed by atoms with Crippen LogP contribution in [0.1, 0.15) is 61.6 Å². The Bertz CT molecular complexity index is 615. The van der Waals surface area contributed by atoms with Crippen LogP contribution in [0.15, 0.2) is 18.2 Å². The fourth-order valence-corrected chi connectivity index (χ4v) is 5.34. The molecule has 2 bridgehead atoms. The highest BCUT2D eigenvalue weighted by atomic mass is 16.2. The molecular formula is C21H30N2O. The van der Waals surface area contributed by atoms with Crippen LogP contribution < -0.4 is 11.1 Å². The van der Waals surface area contributed by atoms with Crippen LogP contribution in [0.4, 0.5) is 0 Å². The zero-order chi connectivity index (χ0) is 16.9. The summed E-state index contributed by atoms with van der Waals surface area (Å²) in [6.45, 7) is 4.24. The van der Waals surface area contributed by atoms with E-state index in [2.05, 4.69) is 37.4 Å². The number of hydrogen-bond donors (Lipinski definition) is 2. The highest BCUT2D eigenvalue weighted by Crippen LogP contribution is 2.50. The largest absolute Gasteiger partial charge is 0.352 e. The number of fused-ring (bicyclic) bond motifs is 2. The van der Waals surface area contributed by atoms with E-state index in [-0.39, 0.29) is 11.3 Å². The van der Waals surface area contributed by atoms with E-state index in [9.17, 15) is 4.79 Å². The zero-order valence-electron chi connectivity index (χ0n) is 15.0. The van der Waals surface area contributed by atoms with Crippen molar-refractivity contribution in [2.75, 3.05) is 0 Å². The average Bonchev–Trinajstić information content (AvgIpc) is 3.29. The maximum atomic E-state index is 13.2. The van der Waals surface area contributed by atoms with Crippen LogP contribution in [0.25, 0.3) is 0 Å². The molecule has 0 heterocycles. The number of rotatable bonds is 3. The van der Waals surface area contributed by atoms with Gasteiger partial charge in [-0.15, -0.1) is 0 Å². The van der Waals surface area contributed by atoms with Gasteiger partial charge in [0, 0.05) is 12.1 Å². The van der Waals surface area contributed by atoms with Gasteiger partial charge < -0.3 is 11.1 Å². The Morgan fingerprint density at radius 1 is 1.08 bits per heavy atom. The molecule has 3 N–H and O–H groups in total. The lowest BCUT2D eigenvalue weighted by Crippen LogP contribution is -2.55. The molecule has 0 saturated heterocycles. The highest BCUT2D eigenvalue weighted by Gasteiger charge is 2.53. The third-order valence-corrected chi connectivity index (χ3v) is 6.63. The lowest BCUT2D eigenvalue weighted by molar-refractivity contribution is -0.126. The van der Waals surface area contributed by atoms with Crippen molar-refractivity contribution in [3.8, 4) is 0 Å². The molecule has 0 radical (unpaired) electrons. The molecule has 4 rings (SSSR count). The number of hydrogen-bond acceptors (Lipinski definition) is 2. The fraction of sp³-hybridized carbons (Fsp3) is 0.667. The molecular weight excluding hydrogens is 296 g/mol. The molecule has 2 atom stereocenters. The lowest BCUT2D eigenvalue weighted by Gasteiger charge is -2.45. The molecule has 0 aromatic heterocycles. The van der Waals surface area contributed by atoms with Gasteiger partial charge in [-0.2, -0.15) is 0 Å². The first-order valence-corrected chi connectivity index (χ1v) is 9.63. The molecule has 3 nitrogen and oxygen atoms in total. The maximum absolute atomic E-state index is 13.2. The van der Waals surface area contributed by atoms with E-state index in [1.165, 1.54) is 36.0 Å². The predicted octanol–water partition coefficient (Wildman–Crippen LogP) is 3.36. The number of benzene rings is 1. The molecule has 3 aliphatic carbocycles. The molecule has 1 aromatic rings. The van der Waals surface area contributed by atoms with Crippen molar-refractivity contribution < 1.29 is 4.79 Å². The van der Waals surface area contributed by atoms with Crippen LogP contribution in [0.5, 0.6) is 0 Å². The van der Waals surface area contributed by atoms with Crippen LogP contribution in [0, 0.1) is 25.7 Å². The van der Waals surface area contributed by atoms with Crippen molar-refractivity contribution in [1.82, 2.24) is 5.32 Å². The minimum atomic E-state index is -0.259. The van der Waals surface area contributed by atoms with Crippen LogP contribution in [0.2, 0.25) is 0 Å². The van der Waals surface area contributed by atoms with Gasteiger partial charge >= 0.3 is 0 Å². The summed E-state index contributed by atoms with van der Waals surface area (Å²) in [5.74, 6) is 1.45. The van der Waals surface area contributed by atoms with Gasteiger partial charge in [0.2, 0.25) is 5.91 Å². The first kappa shape index (κ1) is 16.1. The van der Waals surface area contributed by atoms with Crippen molar-refractivity contribution in [3.63, 3.8) is 0 Å². The van der Waals surface area contributed by atoms with Crippen molar-refractivity contribution in [3.05, 3.63) is 34.9 Å². The minimum absolute atomic E-state index is 0.259. The minimum Gasteiger partial charge on any atom is -0.352 e. The van der Waals surface area contributed by atoms with Gasteiger partial charge in [-0.1, -0.05) is 35.7 Å². The Morgan fingerprint density at radius 3 is 2.21 bits per heavy atom. The number of carbonyl (C=O) groups excluding carboxylic acids is 1. The predicted molar refractivity (Wildman–Crippen MR) is 96.8 cm³/mol. The molecule has 1 aromatic carbocycles. The fourth-order valence-electron chi connectivity index (χ4n) is 5.34. The van der Waals surface area contributed by atoms with Crippen LogP contribution in [-0.2, 0) is 10.2 Å². The van der Waals surface area contributed by atoms with E-state index in [4.69, 9.17) is 5.73 Å². The van der Waals surface area contributed by atoms with Crippen LogP contribution in [0.3, 0.4) is 0 Å². The monoisotopic (exact) mass is 326 g/mol. The summed E-state index contributed by atoms with van der Waals surface area (Å²) in [5.41, 5.74) is 9.69. The number of nitrogens with one attached hydrogen (secondary N) is 1. The Balaban J connectivity index is 1.54. The highest BCUT2D eigenvalue weighted by molar-refractivity contribution is 5.91. The number of aryl methyl sites for hydroxylation is 2. The van der Waals surface area contributed by atoms with Crippen molar-refractivity contribution >= 4 is 5.91 Å². The summed E-state index contributed by atoms with van der Waals surface area (Å²) >= 11 is 0. The molecule has 3 aliphatic rings. The second kappa shape index (κ2) is 5.87. The Labute approximate surface area is 145 Å². The third-order valence-electron chi connectivity index (χ3n) is 6.63. The van der Waals surface area contributed by atoms with Gasteiger partial charge in [0.05, 0.1) is 5.41 Å². The normalized spacial score (nSPS) is 33.8. The van der Waals surface area contributed by atoms with Gasteiger partial charge in [0.25, 0.3) is 0 Å². The molecule has 0 spiro atoms. The quantitative estimate of drug-likeness (QED) is 0.895. The number of amides is 1. The van der Waals surface area contributed by atoms with E-state index < -0.39 is 0 Å². The molecule has 2 unspecified atom stereocenters. The topological polar surface area (TPSA) is 55.1 Å². The molecule has 1 amide bonds. The first-order valence-electron chi connectivity index (χ1n) is 9.63. The van der Waals surface area contributed by atoms with Gasteiger partial charge in [0.15, 0.2) is 0 Å². The second-order valence-electron chi connectivity index (χ2n) is 8.64. The van der Waals surface area contributed by atoms with E-state index >= 15 is 0 Å². The van der Waals surface area contributed by atoms with Crippen molar-refractivity contribution in [2.24, 2.45) is 17.6 Å². The van der Waals surface area contributed by atoms with Gasteiger partial charge in [-0.3, -0.25) is 4.79 Å². The van der Waals surface area contributed by atoms with E-state index in [1.54, 1.807) is 0 Å². The van der Waals surface area contributed by atoms with Crippen molar-refractivity contribution in [2.45, 2.75) is 76.3 Å². The van der Waals surface area contributed by atoms with Gasteiger partial charge in [0.1, 0.15) is 0 Å². The summed E-state index contributed by atoms with van der Waals surface area (Å²) in [5, 5.41) is 3.49. The number of carbonyl (C=O) groups is 1. The Kier molecular flexibility index (Phi) is 3.95. The van der Waals surface area contributed by atoms with Crippen LogP contribution in [-0.4, -0.2) is 18.0 Å². The SMILES string of the molecule is Cc1cc(C)cc(C2(C(=O)NC3C4CCCC3CC(N)C4)CC2)c1. The van der Waals surface area contributed by atoms with E-state index in [0.29, 0.717) is 23.9 Å². The number of nitrogens with two attached hydrogens (primary N) is 1. The second-order valence-corrected chi connectivity index (χ2v) is 8.64. The van der Waals surface area contributed by atoms with E-state index in [0.717, 1.165) is 25.7 Å². The summed E-state index contributed by atoms with van der Waals surface area (Å²) in [6, 6.07) is 7.29. The first-order chi connectivity index (χ1) is 11.5. The van der Waals surface area contributed by atoms with Crippen molar-refractivity contribution in [1.29, 1.82) is 0 Å².